The normalized spacial score (nSPS) is 43.6. The number of rotatable bonds is 3. The minimum absolute atomic E-state index is 0.178. The molecule has 1 saturated carbocycles. The van der Waals surface area contributed by atoms with Crippen molar-refractivity contribution in [1.82, 2.24) is 0 Å². The first-order chi connectivity index (χ1) is 6.57. The summed E-state index contributed by atoms with van der Waals surface area (Å²) in [6.07, 6.45) is 5.82. The lowest BCUT2D eigenvalue weighted by molar-refractivity contribution is -0.0148. The van der Waals surface area contributed by atoms with E-state index in [-0.39, 0.29) is 11.3 Å². The van der Waals surface area contributed by atoms with E-state index in [1.807, 2.05) is 19.9 Å². The molecule has 2 N–H and O–H groups in total. The van der Waals surface area contributed by atoms with Crippen LogP contribution < -0.4 is 0 Å². The number of aliphatic hydroxyl groups excluding tert-OH is 2. The molecule has 1 rings (SSSR count). The Hall–Kier alpha value is -0.340. The fourth-order valence-electron chi connectivity index (χ4n) is 2.79. The third-order valence-corrected chi connectivity index (χ3v) is 3.41. The molecule has 0 spiro atoms. The van der Waals surface area contributed by atoms with E-state index in [0.29, 0.717) is 0 Å². The molecule has 4 atom stereocenters. The van der Waals surface area contributed by atoms with Gasteiger partial charge in [0.05, 0.1) is 12.2 Å². The zero-order chi connectivity index (χ0) is 10.8. The second kappa shape index (κ2) is 4.45. The summed E-state index contributed by atoms with van der Waals surface area (Å²) in [5, 5.41) is 19.8. The highest BCUT2D eigenvalue weighted by Crippen LogP contribution is 2.46. The fourth-order valence-corrected chi connectivity index (χ4v) is 2.79. The molecule has 0 aromatic heterocycles. The highest BCUT2D eigenvalue weighted by molar-refractivity contribution is 5.10. The highest BCUT2D eigenvalue weighted by Gasteiger charge is 2.48. The number of hydrogen-bond acceptors (Lipinski definition) is 2. The van der Waals surface area contributed by atoms with Crippen LogP contribution in [-0.2, 0) is 0 Å². The van der Waals surface area contributed by atoms with E-state index in [9.17, 15) is 10.2 Å². The summed E-state index contributed by atoms with van der Waals surface area (Å²) in [5.74, 6) is 0.202. The Morgan fingerprint density at radius 2 is 2.07 bits per heavy atom. The lowest BCUT2D eigenvalue weighted by Gasteiger charge is -2.29. The third kappa shape index (κ3) is 1.86. The molecule has 0 aliphatic heterocycles. The summed E-state index contributed by atoms with van der Waals surface area (Å²) < 4.78 is 0. The summed E-state index contributed by atoms with van der Waals surface area (Å²) in [6.45, 7) is 6.10. The third-order valence-electron chi connectivity index (χ3n) is 3.41. The van der Waals surface area contributed by atoms with Crippen molar-refractivity contribution in [2.75, 3.05) is 0 Å². The standard InChI is InChI=1S/C12H22O2/c1-4-6-12(7-5-2)8-9(3)10(13)11(12)14/h4,6,9-11,13-14H,5,7-8H2,1-3H3/b6-4+/t9-,10+,11+,12+/m1/s1. The smallest absolute Gasteiger partial charge is 0.0892 e. The second-order valence-corrected chi connectivity index (χ2v) is 4.60. The molecule has 1 fully saturated rings. The van der Waals surface area contributed by atoms with Crippen LogP contribution in [-0.4, -0.2) is 22.4 Å². The van der Waals surface area contributed by atoms with Crippen LogP contribution in [0.5, 0.6) is 0 Å². The average molecular weight is 198 g/mol. The van der Waals surface area contributed by atoms with Crippen LogP contribution >= 0.6 is 0 Å². The lowest BCUT2D eigenvalue weighted by Crippen LogP contribution is -2.34. The van der Waals surface area contributed by atoms with Gasteiger partial charge in [0.1, 0.15) is 0 Å². The van der Waals surface area contributed by atoms with Crippen molar-refractivity contribution in [2.45, 2.75) is 52.2 Å². The molecule has 2 heteroatoms. The van der Waals surface area contributed by atoms with Crippen molar-refractivity contribution in [3.8, 4) is 0 Å². The van der Waals surface area contributed by atoms with Gasteiger partial charge in [-0.2, -0.15) is 0 Å². The SMILES string of the molecule is C/C=C/[C@]1(CCC)C[C@@H](C)[C@H](O)[C@@H]1O. The Bertz CT molecular complexity index is 212. The highest BCUT2D eigenvalue weighted by atomic mass is 16.3. The van der Waals surface area contributed by atoms with E-state index in [2.05, 4.69) is 13.0 Å². The minimum Gasteiger partial charge on any atom is -0.390 e. The monoisotopic (exact) mass is 198 g/mol. The van der Waals surface area contributed by atoms with E-state index < -0.39 is 12.2 Å². The molecule has 0 heterocycles. The van der Waals surface area contributed by atoms with Gasteiger partial charge in [0, 0.05) is 5.41 Å². The van der Waals surface area contributed by atoms with Crippen LogP contribution in [0.2, 0.25) is 0 Å². The quantitative estimate of drug-likeness (QED) is 0.682. The van der Waals surface area contributed by atoms with Crippen molar-refractivity contribution in [3.63, 3.8) is 0 Å². The summed E-state index contributed by atoms with van der Waals surface area (Å²) in [7, 11) is 0. The van der Waals surface area contributed by atoms with E-state index in [1.165, 1.54) is 0 Å². The van der Waals surface area contributed by atoms with Gasteiger partial charge in [-0.15, -0.1) is 0 Å². The van der Waals surface area contributed by atoms with Gasteiger partial charge in [-0.3, -0.25) is 0 Å². The predicted molar refractivity (Wildman–Crippen MR) is 57.9 cm³/mol. The molecule has 82 valence electrons. The van der Waals surface area contributed by atoms with Crippen molar-refractivity contribution >= 4 is 0 Å². The second-order valence-electron chi connectivity index (χ2n) is 4.60. The van der Waals surface area contributed by atoms with Crippen molar-refractivity contribution in [3.05, 3.63) is 12.2 Å². The molecule has 0 amide bonds. The predicted octanol–water partition coefficient (Wildman–Crippen LogP) is 2.11. The number of hydrogen-bond donors (Lipinski definition) is 2. The van der Waals surface area contributed by atoms with Crippen LogP contribution in [0.3, 0.4) is 0 Å². The van der Waals surface area contributed by atoms with E-state index in [0.717, 1.165) is 19.3 Å². The van der Waals surface area contributed by atoms with Gasteiger partial charge in [0.2, 0.25) is 0 Å². The van der Waals surface area contributed by atoms with Crippen LogP contribution in [0, 0.1) is 11.3 Å². The van der Waals surface area contributed by atoms with Crippen LogP contribution in [0.25, 0.3) is 0 Å². The van der Waals surface area contributed by atoms with Gasteiger partial charge in [-0.1, -0.05) is 32.4 Å². The van der Waals surface area contributed by atoms with Crippen molar-refractivity contribution < 1.29 is 10.2 Å². The molecule has 0 aromatic rings. The van der Waals surface area contributed by atoms with Gasteiger partial charge >= 0.3 is 0 Å². The molecule has 0 aromatic carbocycles. The minimum atomic E-state index is -0.589. The lowest BCUT2D eigenvalue weighted by atomic mass is 9.79. The molecule has 1 aliphatic carbocycles. The molecule has 2 nitrogen and oxygen atoms in total. The first-order valence-corrected chi connectivity index (χ1v) is 5.57. The Morgan fingerprint density at radius 1 is 1.43 bits per heavy atom. The zero-order valence-electron chi connectivity index (χ0n) is 9.40. The maximum absolute atomic E-state index is 10.0. The molecule has 1 aliphatic rings. The van der Waals surface area contributed by atoms with Gasteiger partial charge in [0.25, 0.3) is 0 Å². The maximum atomic E-state index is 10.0. The molecule has 0 unspecified atom stereocenters. The van der Waals surface area contributed by atoms with Crippen LogP contribution in [0.4, 0.5) is 0 Å². The van der Waals surface area contributed by atoms with Crippen LogP contribution in [0.1, 0.15) is 40.0 Å². The fraction of sp³-hybridized carbons (Fsp3) is 0.833. The molecule has 0 saturated heterocycles. The summed E-state index contributed by atoms with van der Waals surface area (Å²) in [6, 6.07) is 0. The van der Waals surface area contributed by atoms with Gasteiger partial charge in [-0.25, -0.2) is 0 Å². The van der Waals surface area contributed by atoms with Gasteiger partial charge in [0.15, 0.2) is 0 Å². The van der Waals surface area contributed by atoms with E-state index in [1.54, 1.807) is 0 Å². The summed E-state index contributed by atoms with van der Waals surface area (Å²) in [4.78, 5) is 0. The Kier molecular flexibility index (Phi) is 3.73. The van der Waals surface area contributed by atoms with Crippen LogP contribution in [0.15, 0.2) is 12.2 Å². The Balaban J connectivity index is 2.88. The zero-order valence-corrected chi connectivity index (χ0v) is 9.40. The van der Waals surface area contributed by atoms with Gasteiger partial charge in [-0.05, 0) is 25.7 Å². The molecular weight excluding hydrogens is 176 g/mol. The summed E-state index contributed by atoms with van der Waals surface area (Å²) in [5.41, 5.74) is -0.178. The molecule has 14 heavy (non-hydrogen) atoms. The topological polar surface area (TPSA) is 40.5 Å². The van der Waals surface area contributed by atoms with Gasteiger partial charge < -0.3 is 10.2 Å². The van der Waals surface area contributed by atoms with Crippen molar-refractivity contribution in [2.24, 2.45) is 11.3 Å². The number of allylic oxidation sites excluding steroid dienone is 1. The summed E-state index contributed by atoms with van der Waals surface area (Å²) >= 11 is 0. The Labute approximate surface area is 86.6 Å². The molecule has 0 radical (unpaired) electrons. The first-order valence-electron chi connectivity index (χ1n) is 5.57. The van der Waals surface area contributed by atoms with E-state index in [4.69, 9.17) is 0 Å². The molecule has 0 bridgehead atoms. The first kappa shape index (κ1) is 11.7. The largest absolute Gasteiger partial charge is 0.390 e. The number of aliphatic hydroxyl groups is 2. The Morgan fingerprint density at radius 3 is 2.43 bits per heavy atom. The maximum Gasteiger partial charge on any atom is 0.0892 e. The molecular formula is C12H22O2. The average Bonchev–Trinajstić information content (AvgIpc) is 2.33. The van der Waals surface area contributed by atoms with Crippen molar-refractivity contribution in [1.29, 1.82) is 0 Å². The van der Waals surface area contributed by atoms with E-state index >= 15 is 0 Å².